The average Bonchev–Trinajstić information content (AvgIpc) is 2.44. The summed E-state index contributed by atoms with van der Waals surface area (Å²) >= 11 is 0. The zero-order chi connectivity index (χ0) is 17.9. The predicted octanol–water partition coefficient (Wildman–Crippen LogP) is 1.82. The number of hydrogen-bond donors (Lipinski definition) is 2. The van der Waals surface area contributed by atoms with Gasteiger partial charge in [0.25, 0.3) is 11.5 Å². The van der Waals surface area contributed by atoms with Crippen LogP contribution in [0.2, 0.25) is 0 Å². The number of anilines is 1. The van der Waals surface area contributed by atoms with E-state index in [2.05, 4.69) is 20.7 Å². The van der Waals surface area contributed by atoms with Gasteiger partial charge in [-0.1, -0.05) is 0 Å². The standard InChI is InChI=1S/C16H23N5O3/c1-10-8-12-13(9-11(10)2)21(23)20-14(19-12)17-6-7-18-15(22)24-16(3,4)5/h8-9H,6-7H2,1-5H3,(H,18,22)(H,17,19,20). The van der Waals surface area contributed by atoms with Crippen molar-refractivity contribution in [1.29, 1.82) is 0 Å². The predicted molar refractivity (Wildman–Crippen MR) is 90.7 cm³/mol. The Morgan fingerprint density at radius 2 is 1.92 bits per heavy atom. The number of aromatic nitrogens is 3. The molecule has 2 rings (SSSR count). The van der Waals surface area contributed by atoms with Gasteiger partial charge in [-0.3, -0.25) is 0 Å². The Labute approximate surface area is 140 Å². The van der Waals surface area contributed by atoms with Gasteiger partial charge in [-0.05, 0) is 56.7 Å². The summed E-state index contributed by atoms with van der Waals surface area (Å²) in [5.41, 5.74) is 2.53. The highest BCUT2D eigenvalue weighted by Gasteiger charge is 2.16. The Balaban J connectivity index is 1.96. The molecule has 1 aromatic heterocycles. The molecule has 0 radical (unpaired) electrons. The topological polar surface area (TPSA) is 103 Å². The molecule has 0 bridgehead atoms. The fourth-order valence-corrected chi connectivity index (χ4v) is 2.03. The van der Waals surface area contributed by atoms with Crippen LogP contribution < -0.4 is 15.5 Å². The summed E-state index contributed by atoms with van der Waals surface area (Å²) in [4.78, 5) is 16.4. The maximum atomic E-state index is 12.0. The lowest BCUT2D eigenvalue weighted by Gasteiger charge is -2.19. The molecule has 2 aromatic rings. The highest BCUT2D eigenvalue weighted by atomic mass is 16.6. The number of carbonyl (C=O) groups is 1. The van der Waals surface area contributed by atoms with Crippen molar-refractivity contribution in [2.24, 2.45) is 0 Å². The van der Waals surface area contributed by atoms with Gasteiger partial charge in [-0.15, -0.1) is 0 Å². The van der Waals surface area contributed by atoms with Crippen molar-refractivity contribution in [1.82, 2.24) is 15.4 Å². The number of nitrogens with one attached hydrogen (secondary N) is 2. The molecule has 0 fully saturated rings. The Kier molecular flexibility index (Phi) is 5.06. The summed E-state index contributed by atoms with van der Waals surface area (Å²) in [5.74, 6) is 0.215. The number of nitrogens with zero attached hydrogens (tertiary/aromatic N) is 3. The lowest BCUT2D eigenvalue weighted by molar-refractivity contribution is -0.641. The monoisotopic (exact) mass is 333 g/mol. The zero-order valence-electron chi connectivity index (χ0n) is 14.6. The molecule has 0 unspecified atom stereocenters. The van der Waals surface area contributed by atoms with Crippen LogP contribution in [0.3, 0.4) is 0 Å². The maximum Gasteiger partial charge on any atom is 0.407 e. The molecule has 0 atom stereocenters. The van der Waals surface area contributed by atoms with Gasteiger partial charge in [-0.25, -0.2) is 9.78 Å². The molecule has 1 aromatic carbocycles. The molecular formula is C16H23N5O3. The number of hydrogen-bond acceptors (Lipinski definition) is 6. The molecule has 2 N–H and O–H groups in total. The molecule has 8 heteroatoms. The molecule has 1 amide bonds. The fraction of sp³-hybridized carbons (Fsp3) is 0.500. The summed E-state index contributed by atoms with van der Waals surface area (Å²) in [6.07, 6.45) is -0.492. The minimum Gasteiger partial charge on any atom is -0.594 e. The van der Waals surface area contributed by atoms with Crippen LogP contribution in [-0.4, -0.2) is 34.9 Å². The minimum atomic E-state index is -0.539. The Hall–Kier alpha value is -2.64. The summed E-state index contributed by atoms with van der Waals surface area (Å²) in [5, 5.41) is 21.4. The van der Waals surface area contributed by atoms with E-state index in [1.165, 1.54) is 0 Å². The third-order valence-electron chi connectivity index (χ3n) is 3.29. The Morgan fingerprint density at radius 3 is 2.58 bits per heavy atom. The van der Waals surface area contributed by atoms with Gasteiger partial charge >= 0.3 is 6.09 Å². The van der Waals surface area contributed by atoms with Gasteiger partial charge < -0.3 is 20.6 Å². The summed E-state index contributed by atoms with van der Waals surface area (Å²) in [7, 11) is 0. The second kappa shape index (κ2) is 6.86. The summed E-state index contributed by atoms with van der Waals surface area (Å²) in [6.45, 7) is 9.98. The number of fused-ring (bicyclic) bond motifs is 1. The first kappa shape index (κ1) is 17.7. The number of ether oxygens (including phenoxy) is 1. The van der Waals surface area contributed by atoms with Crippen molar-refractivity contribution < 1.29 is 14.4 Å². The first-order valence-electron chi connectivity index (χ1n) is 7.75. The van der Waals surface area contributed by atoms with E-state index in [9.17, 15) is 10.0 Å². The first-order valence-corrected chi connectivity index (χ1v) is 7.75. The van der Waals surface area contributed by atoms with Crippen LogP contribution in [0.1, 0.15) is 31.9 Å². The van der Waals surface area contributed by atoms with Crippen molar-refractivity contribution >= 4 is 23.1 Å². The minimum absolute atomic E-state index is 0.215. The number of carbonyl (C=O) groups excluding carboxylic acids is 1. The molecular weight excluding hydrogens is 310 g/mol. The van der Waals surface area contributed by atoms with Crippen LogP contribution in [0.15, 0.2) is 12.1 Å². The molecule has 0 saturated carbocycles. The van der Waals surface area contributed by atoms with Crippen molar-refractivity contribution in [3.05, 3.63) is 28.5 Å². The van der Waals surface area contributed by atoms with Crippen molar-refractivity contribution in [3.8, 4) is 0 Å². The smallest absolute Gasteiger partial charge is 0.407 e. The first-order chi connectivity index (χ1) is 11.2. The van der Waals surface area contributed by atoms with Gasteiger partial charge in [0.05, 0.1) is 5.10 Å². The number of amides is 1. The molecule has 24 heavy (non-hydrogen) atoms. The summed E-state index contributed by atoms with van der Waals surface area (Å²) < 4.78 is 5.13. The lowest BCUT2D eigenvalue weighted by Crippen LogP contribution is -2.36. The van der Waals surface area contributed by atoms with E-state index in [0.29, 0.717) is 29.0 Å². The van der Waals surface area contributed by atoms with Gasteiger partial charge in [0.15, 0.2) is 0 Å². The Morgan fingerprint density at radius 1 is 1.25 bits per heavy atom. The van der Waals surface area contributed by atoms with Gasteiger partial charge in [0, 0.05) is 19.2 Å². The average molecular weight is 333 g/mol. The maximum absolute atomic E-state index is 12.0. The molecule has 0 aliphatic rings. The second-order valence-corrected chi connectivity index (χ2v) is 6.59. The normalized spacial score (nSPS) is 11.4. The molecule has 1 heterocycles. The van der Waals surface area contributed by atoms with Crippen LogP contribution in [-0.2, 0) is 4.74 Å². The van der Waals surface area contributed by atoms with Crippen molar-refractivity contribution in [3.63, 3.8) is 0 Å². The van der Waals surface area contributed by atoms with Crippen LogP contribution >= 0.6 is 0 Å². The highest BCUT2D eigenvalue weighted by molar-refractivity contribution is 5.73. The van der Waals surface area contributed by atoms with Crippen LogP contribution in [0, 0.1) is 19.1 Å². The van der Waals surface area contributed by atoms with Crippen molar-refractivity contribution in [2.45, 2.75) is 40.2 Å². The van der Waals surface area contributed by atoms with E-state index in [0.717, 1.165) is 11.1 Å². The number of alkyl carbamates (subject to hydrolysis) is 1. The third kappa shape index (κ3) is 4.68. The largest absolute Gasteiger partial charge is 0.594 e. The zero-order valence-corrected chi connectivity index (χ0v) is 14.6. The van der Waals surface area contributed by atoms with Crippen LogP contribution in [0.25, 0.3) is 11.0 Å². The quantitative estimate of drug-likeness (QED) is 0.502. The number of benzene rings is 1. The molecule has 0 saturated heterocycles. The SMILES string of the molecule is Cc1cc2nc(NCCNC(=O)OC(C)(C)C)n[n+]([O-])c2cc1C. The molecule has 0 aliphatic carbocycles. The van der Waals surface area contributed by atoms with Gasteiger partial charge in [-0.2, -0.15) is 0 Å². The fourth-order valence-electron chi connectivity index (χ4n) is 2.03. The highest BCUT2D eigenvalue weighted by Crippen LogP contribution is 2.15. The molecule has 8 nitrogen and oxygen atoms in total. The van der Waals surface area contributed by atoms with E-state index in [1.807, 2.05) is 19.9 Å². The molecule has 130 valence electrons. The molecule has 0 aliphatic heterocycles. The lowest BCUT2D eigenvalue weighted by atomic mass is 10.1. The van der Waals surface area contributed by atoms with E-state index in [-0.39, 0.29) is 5.95 Å². The van der Waals surface area contributed by atoms with Crippen molar-refractivity contribution in [2.75, 3.05) is 18.4 Å². The van der Waals surface area contributed by atoms with E-state index < -0.39 is 11.7 Å². The van der Waals surface area contributed by atoms with Gasteiger partial charge in [0.1, 0.15) is 11.1 Å². The Bertz CT molecular complexity index is 755. The van der Waals surface area contributed by atoms with Crippen LogP contribution in [0.4, 0.5) is 10.7 Å². The van der Waals surface area contributed by atoms with E-state index >= 15 is 0 Å². The van der Waals surface area contributed by atoms with E-state index in [1.54, 1.807) is 26.8 Å². The van der Waals surface area contributed by atoms with Crippen LogP contribution in [0.5, 0.6) is 0 Å². The molecule has 0 spiro atoms. The summed E-state index contributed by atoms with van der Waals surface area (Å²) in [6, 6.07) is 3.62. The number of aryl methyl sites for hydroxylation is 2. The third-order valence-corrected chi connectivity index (χ3v) is 3.29. The second-order valence-electron chi connectivity index (χ2n) is 6.59. The van der Waals surface area contributed by atoms with E-state index in [4.69, 9.17) is 4.74 Å². The number of rotatable bonds is 4. The van der Waals surface area contributed by atoms with Gasteiger partial charge in [0.2, 0.25) is 0 Å².